The number of benzene rings is 3. The van der Waals surface area contributed by atoms with E-state index in [1.165, 1.54) is 0 Å². The highest BCUT2D eigenvalue weighted by molar-refractivity contribution is 6.46. The van der Waals surface area contributed by atoms with Gasteiger partial charge in [0.05, 0.1) is 17.3 Å². The molecule has 1 aliphatic rings. The number of aliphatic hydroxyl groups is 1. The van der Waals surface area contributed by atoms with Crippen molar-refractivity contribution in [2.75, 3.05) is 6.54 Å². The van der Waals surface area contributed by atoms with E-state index in [1.807, 2.05) is 122 Å². The van der Waals surface area contributed by atoms with Crippen LogP contribution in [0.3, 0.4) is 0 Å². The summed E-state index contributed by atoms with van der Waals surface area (Å²) in [5.74, 6) is -1.05. The third-order valence-electron chi connectivity index (χ3n) is 7.75. The summed E-state index contributed by atoms with van der Waals surface area (Å²) in [6, 6.07) is 30.1. The number of amides is 1. The van der Waals surface area contributed by atoms with Crippen molar-refractivity contribution in [3.63, 3.8) is 0 Å². The number of hydrogen-bond donors (Lipinski definition) is 1. The Labute approximate surface area is 244 Å². The van der Waals surface area contributed by atoms with Crippen molar-refractivity contribution in [1.29, 1.82) is 0 Å². The van der Waals surface area contributed by atoms with Gasteiger partial charge in [0.1, 0.15) is 23.7 Å². The average molecular weight is 558 g/mol. The molecule has 6 rings (SSSR count). The highest BCUT2D eigenvalue weighted by atomic mass is 16.5. The van der Waals surface area contributed by atoms with Gasteiger partial charge in [-0.15, -0.1) is 0 Å². The lowest BCUT2D eigenvalue weighted by Gasteiger charge is -2.25. The number of aliphatic hydroxyl groups excluding tert-OH is 1. The quantitative estimate of drug-likeness (QED) is 0.140. The van der Waals surface area contributed by atoms with E-state index in [0.29, 0.717) is 42.2 Å². The Balaban J connectivity index is 1.43. The molecule has 7 heteroatoms. The first-order valence-corrected chi connectivity index (χ1v) is 14.0. The third kappa shape index (κ3) is 5.05. The standard InChI is InChI=1S/C35H31N3O4/c1-23-11-10-19-37-24(2)30(36-34(23)37)32(39)29-31(38(35(41)33(29)40)20-18-25-12-5-3-6-13-25)27-16-9-17-28(21-27)42-22-26-14-7-4-8-15-26/h3-17,19,21,31,39H,18,20,22H2,1-2H3. The van der Waals surface area contributed by atoms with Crippen LogP contribution < -0.4 is 4.74 Å². The zero-order valence-electron chi connectivity index (χ0n) is 23.5. The lowest BCUT2D eigenvalue weighted by Crippen LogP contribution is -2.31. The highest BCUT2D eigenvalue weighted by Crippen LogP contribution is 2.41. The highest BCUT2D eigenvalue weighted by Gasteiger charge is 2.46. The topological polar surface area (TPSA) is 84.1 Å². The maximum Gasteiger partial charge on any atom is 0.295 e. The molecular weight excluding hydrogens is 526 g/mol. The predicted octanol–water partition coefficient (Wildman–Crippen LogP) is 6.19. The molecule has 0 saturated carbocycles. The Hall–Kier alpha value is -5.17. The van der Waals surface area contributed by atoms with Crippen LogP contribution in [-0.2, 0) is 22.6 Å². The Morgan fingerprint density at radius 3 is 2.31 bits per heavy atom. The molecule has 1 atom stereocenters. The molecule has 1 unspecified atom stereocenters. The Morgan fingerprint density at radius 2 is 1.60 bits per heavy atom. The number of carbonyl (C=O) groups excluding carboxylic acids is 2. The molecular formula is C35H31N3O4. The van der Waals surface area contributed by atoms with Crippen LogP contribution in [0.4, 0.5) is 0 Å². The van der Waals surface area contributed by atoms with Gasteiger partial charge in [0.15, 0.2) is 5.76 Å². The van der Waals surface area contributed by atoms with Crippen molar-refractivity contribution in [2.45, 2.75) is 32.9 Å². The van der Waals surface area contributed by atoms with Gasteiger partial charge in [0.25, 0.3) is 11.7 Å². The van der Waals surface area contributed by atoms with Crippen molar-refractivity contribution < 1.29 is 19.4 Å². The van der Waals surface area contributed by atoms with Gasteiger partial charge in [-0.05, 0) is 60.7 Å². The molecule has 0 spiro atoms. The van der Waals surface area contributed by atoms with Gasteiger partial charge < -0.3 is 19.1 Å². The van der Waals surface area contributed by atoms with E-state index < -0.39 is 17.7 Å². The molecule has 3 heterocycles. The number of Topliss-reactive ketones (excluding diaryl/α,β-unsaturated/α-hetero) is 1. The molecule has 0 bridgehead atoms. The van der Waals surface area contributed by atoms with Crippen molar-refractivity contribution in [3.8, 4) is 5.75 Å². The fourth-order valence-electron chi connectivity index (χ4n) is 5.54. The second-order valence-electron chi connectivity index (χ2n) is 10.5. The summed E-state index contributed by atoms with van der Waals surface area (Å²) in [5.41, 5.74) is 5.35. The van der Waals surface area contributed by atoms with Crippen LogP contribution >= 0.6 is 0 Å². The van der Waals surface area contributed by atoms with Gasteiger partial charge in [0.2, 0.25) is 0 Å². The smallest absolute Gasteiger partial charge is 0.295 e. The van der Waals surface area contributed by atoms with Crippen LogP contribution in [-0.4, -0.2) is 37.6 Å². The summed E-state index contributed by atoms with van der Waals surface area (Å²) in [6.45, 7) is 4.45. The molecule has 3 aromatic carbocycles. The summed E-state index contributed by atoms with van der Waals surface area (Å²) in [5, 5.41) is 11.7. The first kappa shape index (κ1) is 27.0. The van der Waals surface area contributed by atoms with Crippen molar-refractivity contribution in [1.82, 2.24) is 14.3 Å². The predicted molar refractivity (Wildman–Crippen MR) is 161 cm³/mol. The van der Waals surface area contributed by atoms with Gasteiger partial charge in [-0.3, -0.25) is 9.59 Å². The molecule has 1 N–H and O–H groups in total. The number of ether oxygens (including phenoxy) is 1. The summed E-state index contributed by atoms with van der Waals surface area (Å²) < 4.78 is 7.96. The number of likely N-dealkylation sites (tertiary alicyclic amines) is 1. The molecule has 210 valence electrons. The fourth-order valence-corrected chi connectivity index (χ4v) is 5.54. The van der Waals surface area contributed by atoms with Crippen LogP contribution in [0.5, 0.6) is 5.75 Å². The zero-order chi connectivity index (χ0) is 29.2. The van der Waals surface area contributed by atoms with E-state index in [0.717, 1.165) is 16.7 Å². The van der Waals surface area contributed by atoms with Crippen molar-refractivity contribution in [3.05, 3.63) is 142 Å². The van der Waals surface area contributed by atoms with Crippen LogP contribution in [0.15, 0.2) is 109 Å². The second kappa shape index (κ2) is 11.4. The SMILES string of the molecule is Cc1cccn2c(C)c(C(O)=C3C(=O)C(=O)N(CCc4ccccc4)C3c3cccc(OCc4ccccc4)c3)nc12. The van der Waals surface area contributed by atoms with E-state index in [9.17, 15) is 14.7 Å². The van der Waals surface area contributed by atoms with E-state index >= 15 is 0 Å². The second-order valence-corrected chi connectivity index (χ2v) is 10.5. The van der Waals surface area contributed by atoms with Crippen molar-refractivity contribution in [2.24, 2.45) is 0 Å². The number of pyridine rings is 1. The molecule has 42 heavy (non-hydrogen) atoms. The van der Waals surface area contributed by atoms with Gasteiger partial charge in [-0.2, -0.15) is 0 Å². The fraction of sp³-hybridized carbons (Fsp3) is 0.171. The number of nitrogens with zero attached hydrogens (tertiary/aromatic N) is 3. The number of carbonyl (C=O) groups is 2. The normalized spacial score (nSPS) is 16.3. The summed E-state index contributed by atoms with van der Waals surface area (Å²) in [6.07, 6.45) is 2.42. The molecule has 1 aliphatic heterocycles. The van der Waals surface area contributed by atoms with Crippen LogP contribution in [0.2, 0.25) is 0 Å². The molecule has 1 saturated heterocycles. The molecule has 7 nitrogen and oxygen atoms in total. The first-order chi connectivity index (χ1) is 20.4. The molecule has 0 aliphatic carbocycles. The number of fused-ring (bicyclic) bond motifs is 1. The summed E-state index contributed by atoms with van der Waals surface area (Å²) in [7, 11) is 0. The number of ketones is 1. The summed E-state index contributed by atoms with van der Waals surface area (Å²) in [4.78, 5) is 33.4. The van der Waals surface area contributed by atoms with E-state index in [-0.39, 0.29) is 17.0 Å². The lowest BCUT2D eigenvalue weighted by molar-refractivity contribution is -0.139. The maximum atomic E-state index is 13.6. The first-order valence-electron chi connectivity index (χ1n) is 14.0. The third-order valence-corrected chi connectivity index (χ3v) is 7.75. The molecule has 0 radical (unpaired) electrons. The Morgan fingerprint density at radius 1 is 0.881 bits per heavy atom. The van der Waals surface area contributed by atoms with E-state index in [1.54, 1.807) is 4.90 Å². The number of hydrogen-bond acceptors (Lipinski definition) is 5. The van der Waals surface area contributed by atoms with E-state index in [2.05, 4.69) is 0 Å². The average Bonchev–Trinajstić information content (AvgIpc) is 3.49. The Bertz CT molecular complexity index is 1810. The largest absolute Gasteiger partial charge is 0.505 e. The van der Waals surface area contributed by atoms with Crippen molar-refractivity contribution >= 4 is 23.1 Å². The summed E-state index contributed by atoms with van der Waals surface area (Å²) >= 11 is 0. The number of aryl methyl sites for hydroxylation is 2. The van der Waals surface area contributed by atoms with Gasteiger partial charge in [0, 0.05) is 12.7 Å². The molecule has 1 amide bonds. The van der Waals surface area contributed by atoms with Crippen LogP contribution in [0, 0.1) is 13.8 Å². The van der Waals surface area contributed by atoms with E-state index in [4.69, 9.17) is 9.72 Å². The van der Waals surface area contributed by atoms with Gasteiger partial charge >= 0.3 is 0 Å². The Kier molecular flexibility index (Phi) is 7.32. The lowest BCUT2D eigenvalue weighted by atomic mass is 9.96. The zero-order valence-corrected chi connectivity index (χ0v) is 23.5. The monoisotopic (exact) mass is 557 g/mol. The van der Waals surface area contributed by atoms with Crippen LogP contribution in [0.25, 0.3) is 11.4 Å². The number of aromatic nitrogens is 2. The minimum absolute atomic E-state index is 0.0254. The number of imidazole rings is 1. The molecule has 5 aromatic rings. The minimum Gasteiger partial charge on any atom is -0.505 e. The molecule has 2 aromatic heterocycles. The van der Waals surface area contributed by atoms with Crippen LogP contribution in [0.1, 0.15) is 39.7 Å². The number of rotatable bonds is 8. The van der Waals surface area contributed by atoms with Gasteiger partial charge in [-0.1, -0.05) is 78.9 Å². The minimum atomic E-state index is -0.806. The van der Waals surface area contributed by atoms with Gasteiger partial charge in [-0.25, -0.2) is 4.98 Å². The maximum absolute atomic E-state index is 13.6. The molecule has 1 fully saturated rings.